The van der Waals surface area contributed by atoms with Gasteiger partial charge in [-0.05, 0) is 52.7 Å². The maximum Gasteiger partial charge on any atom is 0.106 e. The van der Waals surface area contributed by atoms with Gasteiger partial charge in [-0.15, -0.1) is 0 Å². The molecule has 0 radical (unpaired) electrons. The number of rotatable bonds is 6. The SMILES string of the molecule is Cc1nc2ccccc2n1CCCC(C)(C#N)NC(C)C. The molecule has 2 aromatic rings. The Morgan fingerprint density at radius 1 is 1.38 bits per heavy atom. The Balaban J connectivity index is 2.05. The number of nitriles is 1. The fraction of sp³-hybridized carbons (Fsp3) is 0.529. The highest BCUT2D eigenvalue weighted by Gasteiger charge is 2.23. The van der Waals surface area contributed by atoms with Crippen molar-refractivity contribution < 1.29 is 0 Å². The number of aryl methyl sites for hydroxylation is 2. The highest BCUT2D eigenvalue weighted by atomic mass is 15.1. The normalized spacial score (nSPS) is 14.3. The van der Waals surface area contributed by atoms with Crippen molar-refractivity contribution in [2.75, 3.05) is 0 Å². The molecule has 0 saturated heterocycles. The van der Waals surface area contributed by atoms with E-state index in [9.17, 15) is 5.26 Å². The average molecular weight is 284 g/mol. The summed E-state index contributed by atoms with van der Waals surface area (Å²) in [5, 5.41) is 12.7. The van der Waals surface area contributed by atoms with Crippen molar-refractivity contribution >= 4 is 11.0 Å². The molecule has 1 heterocycles. The summed E-state index contributed by atoms with van der Waals surface area (Å²) in [5.41, 5.74) is 1.75. The molecule has 4 nitrogen and oxygen atoms in total. The average Bonchev–Trinajstić information content (AvgIpc) is 2.74. The van der Waals surface area contributed by atoms with E-state index in [1.54, 1.807) is 0 Å². The van der Waals surface area contributed by atoms with Gasteiger partial charge in [-0.1, -0.05) is 12.1 Å². The molecular formula is C17H24N4. The lowest BCUT2D eigenvalue weighted by atomic mass is 9.96. The molecule has 0 bridgehead atoms. The minimum Gasteiger partial charge on any atom is -0.328 e. The van der Waals surface area contributed by atoms with E-state index in [0.717, 1.165) is 30.7 Å². The number of hydrogen-bond acceptors (Lipinski definition) is 3. The van der Waals surface area contributed by atoms with E-state index in [-0.39, 0.29) is 0 Å². The van der Waals surface area contributed by atoms with E-state index in [1.165, 1.54) is 5.52 Å². The number of imidazole rings is 1. The van der Waals surface area contributed by atoms with Gasteiger partial charge in [0.2, 0.25) is 0 Å². The fourth-order valence-corrected chi connectivity index (χ4v) is 2.87. The van der Waals surface area contributed by atoms with E-state index < -0.39 is 5.54 Å². The molecule has 4 heteroatoms. The third kappa shape index (κ3) is 3.62. The molecule has 1 unspecified atom stereocenters. The molecule has 1 atom stereocenters. The first-order valence-electron chi connectivity index (χ1n) is 7.56. The van der Waals surface area contributed by atoms with Crippen LogP contribution in [0.5, 0.6) is 0 Å². The van der Waals surface area contributed by atoms with E-state index in [0.29, 0.717) is 6.04 Å². The van der Waals surface area contributed by atoms with Crippen molar-refractivity contribution in [3.63, 3.8) is 0 Å². The van der Waals surface area contributed by atoms with Gasteiger partial charge in [-0.25, -0.2) is 4.98 Å². The van der Waals surface area contributed by atoms with Crippen LogP contribution in [0.15, 0.2) is 24.3 Å². The molecule has 0 amide bonds. The Kier molecular flexibility index (Phi) is 4.64. The number of nitrogens with one attached hydrogen (secondary N) is 1. The molecule has 1 aromatic carbocycles. The fourth-order valence-electron chi connectivity index (χ4n) is 2.87. The number of fused-ring (bicyclic) bond motifs is 1. The van der Waals surface area contributed by atoms with Crippen LogP contribution in [-0.4, -0.2) is 21.1 Å². The van der Waals surface area contributed by atoms with Crippen molar-refractivity contribution in [2.24, 2.45) is 0 Å². The van der Waals surface area contributed by atoms with Crippen LogP contribution in [0.1, 0.15) is 39.4 Å². The van der Waals surface area contributed by atoms with Gasteiger partial charge in [0.05, 0.1) is 17.1 Å². The summed E-state index contributed by atoms with van der Waals surface area (Å²) in [5.74, 6) is 1.03. The standard InChI is InChI=1S/C17H24N4/c1-13(2)20-17(4,12-18)10-7-11-21-14(3)19-15-8-5-6-9-16(15)21/h5-6,8-9,13,20H,7,10-11H2,1-4H3. The molecule has 0 aliphatic heterocycles. The largest absolute Gasteiger partial charge is 0.328 e. The van der Waals surface area contributed by atoms with Crippen LogP contribution in [-0.2, 0) is 6.54 Å². The highest BCUT2D eigenvalue weighted by Crippen LogP contribution is 2.18. The number of hydrogen-bond donors (Lipinski definition) is 1. The van der Waals surface area contributed by atoms with Crippen LogP contribution in [0.4, 0.5) is 0 Å². The number of aromatic nitrogens is 2. The molecule has 112 valence electrons. The van der Waals surface area contributed by atoms with Gasteiger partial charge >= 0.3 is 0 Å². The second kappa shape index (κ2) is 6.28. The third-order valence-corrected chi connectivity index (χ3v) is 3.76. The van der Waals surface area contributed by atoms with Crippen molar-refractivity contribution in [2.45, 2.75) is 58.7 Å². The molecular weight excluding hydrogens is 260 g/mol. The Labute approximate surface area is 126 Å². The molecule has 1 aromatic heterocycles. The summed E-state index contributed by atoms with van der Waals surface area (Å²) in [7, 11) is 0. The minimum absolute atomic E-state index is 0.311. The van der Waals surface area contributed by atoms with Gasteiger partial charge < -0.3 is 4.57 Å². The Morgan fingerprint density at radius 3 is 2.76 bits per heavy atom. The van der Waals surface area contributed by atoms with Crippen molar-refractivity contribution in [3.05, 3.63) is 30.1 Å². The number of para-hydroxylation sites is 2. The zero-order valence-corrected chi connectivity index (χ0v) is 13.3. The van der Waals surface area contributed by atoms with Gasteiger partial charge in [0.25, 0.3) is 0 Å². The van der Waals surface area contributed by atoms with E-state index >= 15 is 0 Å². The van der Waals surface area contributed by atoms with E-state index in [1.807, 2.05) is 32.0 Å². The zero-order valence-electron chi connectivity index (χ0n) is 13.3. The van der Waals surface area contributed by atoms with Crippen LogP contribution in [0, 0.1) is 18.3 Å². The second-order valence-corrected chi connectivity index (χ2v) is 6.15. The number of benzene rings is 1. The summed E-state index contributed by atoms with van der Waals surface area (Å²) in [4.78, 5) is 4.58. The lowest BCUT2D eigenvalue weighted by Crippen LogP contribution is -2.45. The Bertz CT molecular complexity index is 650. The number of nitrogens with zero attached hydrogens (tertiary/aromatic N) is 3. The zero-order chi connectivity index (χ0) is 15.5. The summed E-state index contributed by atoms with van der Waals surface area (Å²) in [6, 6.07) is 10.9. The molecule has 0 aliphatic carbocycles. The van der Waals surface area contributed by atoms with Crippen LogP contribution in [0.2, 0.25) is 0 Å². The maximum atomic E-state index is 9.39. The lowest BCUT2D eigenvalue weighted by molar-refractivity contribution is 0.365. The van der Waals surface area contributed by atoms with Gasteiger partial charge in [0, 0.05) is 12.6 Å². The first kappa shape index (κ1) is 15.5. The smallest absolute Gasteiger partial charge is 0.106 e. The molecule has 0 aliphatic rings. The van der Waals surface area contributed by atoms with Gasteiger partial charge in [0.1, 0.15) is 11.4 Å². The molecule has 0 spiro atoms. The second-order valence-electron chi connectivity index (χ2n) is 6.15. The quantitative estimate of drug-likeness (QED) is 0.884. The first-order chi connectivity index (χ1) is 9.95. The van der Waals surface area contributed by atoms with Crippen molar-refractivity contribution in [1.29, 1.82) is 5.26 Å². The Hall–Kier alpha value is -1.86. The van der Waals surface area contributed by atoms with Crippen molar-refractivity contribution in [3.8, 4) is 6.07 Å². The monoisotopic (exact) mass is 284 g/mol. The molecule has 2 rings (SSSR count). The topological polar surface area (TPSA) is 53.6 Å². The van der Waals surface area contributed by atoms with Crippen LogP contribution in [0.3, 0.4) is 0 Å². The lowest BCUT2D eigenvalue weighted by Gasteiger charge is -2.26. The summed E-state index contributed by atoms with van der Waals surface area (Å²) >= 11 is 0. The molecule has 0 fully saturated rings. The van der Waals surface area contributed by atoms with E-state index in [2.05, 4.69) is 40.9 Å². The molecule has 0 saturated carbocycles. The van der Waals surface area contributed by atoms with Gasteiger partial charge in [-0.3, -0.25) is 5.32 Å². The van der Waals surface area contributed by atoms with Crippen LogP contribution in [0.25, 0.3) is 11.0 Å². The molecule has 1 N–H and O–H groups in total. The summed E-state index contributed by atoms with van der Waals surface area (Å²) in [6.07, 6.45) is 1.78. The molecule has 21 heavy (non-hydrogen) atoms. The Morgan fingerprint density at radius 2 is 2.10 bits per heavy atom. The van der Waals surface area contributed by atoms with Gasteiger partial charge in [0.15, 0.2) is 0 Å². The predicted octanol–water partition coefficient (Wildman–Crippen LogP) is 3.41. The maximum absolute atomic E-state index is 9.39. The van der Waals surface area contributed by atoms with E-state index in [4.69, 9.17) is 0 Å². The van der Waals surface area contributed by atoms with Crippen molar-refractivity contribution in [1.82, 2.24) is 14.9 Å². The third-order valence-electron chi connectivity index (χ3n) is 3.76. The summed E-state index contributed by atoms with van der Waals surface area (Å²) < 4.78 is 2.24. The van der Waals surface area contributed by atoms with Crippen LogP contribution < -0.4 is 5.32 Å². The predicted molar refractivity (Wildman–Crippen MR) is 86.0 cm³/mol. The summed E-state index contributed by atoms with van der Waals surface area (Å²) in [6.45, 7) is 9.05. The van der Waals surface area contributed by atoms with Crippen LogP contribution >= 0.6 is 0 Å². The first-order valence-corrected chi connectivity index (χ1v) is 7.56. The van der Waals surface area contributed by atoms with Gasteiger partial charge in [-0.2, -0.15) is 5.26 Å². The highest BCUT2D eigenvalue weighted by molar-refractivity contribution is 5.75. The minimum atomic E-state index is -0.460.